The summed E-state index contributed by atoms with van der Waals surface area (Å²) in [5.41, 5.74) is 3.01. The fourth-order valence-electron chi connectivity index (χ4n) is 2.32. The van der Waals surface area contributed by atoms with E-state index in [1.807, 2.05) is 30.3 Å². The Morgan fingerprint density at radius 3 is 2.32 bits per heavy atom. The van der Waals surface area contributed by atoms with Crippen LogP contribution in [0.1, 0.15) is 17.5 Å². The molecule has 0 spiro atoms. The average Bonchev–Trinajstić information content (AvgIpc) is 2.46. The molecule has 1 aromatic carbocycles. The van der Waals surface area contributed by atoms with E-state index in [4.69, 9.17) is 9.47 Å². The monoisotopic (exact) mass is 260 g/mol. The maximum absolute atomic E-state index is 11.8. The number of rotatable bonds is 3. The van der Waals surface area contributed by atoms with Gasteiger partial charge in [-0.15, -0.1) is 0 Å². The molecule has 0 fully saturated rings. The number of benzene rings is 1. The fraction of sp³-hybridized carbons (Fsp3) is 0.333. The van der Waals surface area contributed by atoms with Crippen LogP contribution in [-0.4, -0.2) is 26.2 Å². The van der Waals surface area contributed by atoms with Crippen LogP contribution < -0.4 is 0 Å². The Morgan fingerprint density at radius 2 is 1.68 bits per heavy atom. The number of carbonyl (C=O) groups is 2. The minimum Gasteiger partial charge on any atom is -0.468 e. The molecule has 1 aromatic rings. The molecule has 1 aliphatic carbocycles. The number of ether oxygens (including phenoxy) is 2. The van der Waals surface area contributed by atoms with Crippen molar-refractivity contribution in [1.29, 1.82) is 0 Å². The van der Waals surface area contributed by atoms with Crippen molar-refractivity contribution < 1.29 is 19.1 Å². The van der Waals surface area contributed by atoms with E-state index in [1.165, 1.54) is 19.8 Å². The van der Waals surface area contributed by atoms with E-state index in [-0.39, 0.29) is 0 Å². The molecule has 0 aromatic heterocycles. The van der Waals surface area contributed by atoms with Crippen LogP contribution in [0.15, 0.2) is 29.8 Å². The van der Waals surface area contributed by atoms with Crippen molar-refractivity contribution in [3.05, 3.63) is 41.0 Å². The molecule has 0 aliphatic heterocycles. The third kappa shape index (κ3) is 2.67. The summed E-state index contributed by atoms with van der Waals surface area (Å²) in [4.78, 5) is 23.5. The minimum atomic E-state index is -0.955. The molecule has 0 bridgehead atoms. The normalized spacial score (nSPS) is 13.5. The van der Waals surface area contributed by atoms with Crippen LogP contribution in [0, 0.1) is 5.92 Å². The SMILES string of the molecule is COC(=O)C(C(=O)OC)C1=Cc2ccccc2CC1. The van der Waals surface area contributed by atoms with Crippen molar-refractivity contribution >= 4 is 18.0 Å². The molecule has 0 saturated carbocycles. The van der Waals surface area contributed by atoms with E-state index in [0.717, 1.165) is 17.6 Å². The van der Waals surface area contributed by atoms with E-state index in [9.17, 15) is 9.59 Å². The molecule has 0 heterocycles. The number of esters is 2. The molecule has 0 atom stereocenters. The maximum atomic E-state index is 11.8. The molecule has 4 heteroatoms. The zero-order valence-electron chi connectivity index (χ0n) is 11.0. The first kappa shape index (κ1) is 13.3. The van der Waals surface area contributed by atoms with Crippen LogP contribution in [0.4, 0.5) is 0 Å². The van der Waals surface area contributed by atoms with Gasteiger partial charge in [-0.05, 0) is 29.5 Å². The van der Waals surface area contributed by atoms with E-state index >= 15 is 0 Å². The van der Waals surface area contributed by atoms with Crippen LogP contribution in [0.25, 0.3) is 6.08 Å². The van der Waals surface area contributed by atoms with Crippen LogP contribution in [0.5, 0.6) is 0 Å². The van der Waals surface area contributed by atoms with Gasteiger partial charge in [0.1, 0.15) is 0 Å². The molecule has 0 saturated heterocycles. The Bertz CT molecular complexity index is 515. The van der Waals surface area contributed by atoms with Gasteiger partial charge in [0.25, 0.3) is 0 Å². The summed E-state index contributed by atoms with van der Waals surface area (Å²) in [6.07, 6.45) is 3.36. The lowest BCUT2D eigenvalue weighted by Gasteiger charge is -2.21. The molecule has 0 unspecified atom stereocenters. The highest BCUT2D eigenvalue weighted by atomic mass is 16.5. The van der Waals surface area contributed by atoms with Gasteiger partial charge in [0.15, 0.2) is 5.92 Å². The van der Waals surface area contributed by atoms with Crippen LogP contribution in [0.3, 0.4) is 0 Å². The number of hydrogen-bond acceptors (Lipinski definition) is 4. The van der Waals surface area contributed by atoms with Crippen LogP contribution in [-0.2, 0) is 25.5 Å². The molecule has 19 heavy (non-hydrogen) atoms. The van der Waals surface area contributed by atoms with E-state index in [1.54, 1.807) is 0 Å². The van der Waals surface area contributed by atoms with Crippen molar-refractivity contribution in [3.8, 4) is 0 Å². The second-order valence-electron chi connectivity index (χ2n) is 4.40. The largest absolute Gasteiger partial charge is 0.468 e. The van der Waals surface area contributed by atoms with Crippen molar-refractivity contribution in [3.63, 3.8) is 0 Å². The van der Waals surface area contributed by atoms with Gasteiger partial charge in [0.2, 0.25) is 0 Å². The molecule has 1 aliphatic rings. The number of hydrogen-bond donors (Lipinski definition) is 0. The number of aryl methyl sites for hydroxylation is 1. The Hall–Kier alpha value is -2.10. The minimum absolute atomic E-state index is 0.572. The number of methoxy groups -OCH3 is 2. The Balaban J connectivity index is 2.36. The summed E-state index contributed by atoms with van der Waals surface area (Å²) in [5.74, 6) is -2.10. The van der Waals surface area contributed by atoms with Gasteiger partial charge in [-0.2, -0.15) is 0 Å². The first-order valence-electron chi connectivity index (χ1n) is 6.11. The third-order valence-corrected chi connectivity index (χ3v) is 3.32. The molecule has 4 nitrogen and oxygen atoms in total. The second-order valence-corrected chi connectivity index (χ2v) is 4.40. The lowest BCUT2D eigenvalue weighted by Crippen LogP contribution is -2.29. The first-order chi connectivity index (χ1) is 9.17. The summed E-state index contributed by atoms with van der Waals surface area (Å²) in [6, 6.07) is 7.94. The quantitative estimate of drug-likeness (QED) is 0.616. The average molecular weight is 260 g/mol. The summed E-state index contributed by atoms with van der Waals surface area (Å²) in [7, 11) is 2.55. The third-order valence-electron chi connectivity index (χ3n) is 3.32. The lowest BCUT2D eigenvalue weighted by molar-refractivity contribution is -0.156. The summed E-state index contributed by atoms with van der Waals surface area (Å²) < 4.78 is 9.39. The lowest BCUT2D eigenvalue weighted by atomic mass is 9.85. The second kappa shape index (κ2) is 5.69. The van der Waals surface area contributed by atoms with E-state index < -0.39 is 17.9 Å². The van der Waals surface area contributed by atoms with Gasteiger partial charge in [0, 0.05) is 0 Å². The van der Waals surface area contributed by atoms with Crippen molar-refractivity contribution in [2.24, 2.45) is 5.92 Å². The van der Waals surface area contributed by atoms with Gasteiger partial charge in [-0.3, -0.25) is 9.59 Å². The maximum Gasteiger partial charge on any atom is 0.324 e. The van der Waals surface area contributed by atoms with Crippen LogP contribution in [0.2, 0.25) is 0 Å². The zero-order chi connectivity index (χ0) is 13.8. The van der Waals surface area contributed by atoms with Crippen molar-refractivity contribution in [1.82, 2.24) is 0 Å². The van der Waals surface area contributed by atoms with Crippen molar-refractivity contribution in [2.45, 2.75) is 12.8 Å². The molecular weight excluding hydrogens is 244 g/mol. The standard InChI is InChI=1S/C15H16O4/c1-18-14(16)13(15(17)19-2)12-8-7-10-5-3-4-6-11(10)9-12/h3-6,9,13H,7-8H2,1-2H3. The Kier molecular flexibility index (Phi) is 4.00. The summed E-state index contributed by atoms with van der Waals surface area (Å²) >= 11 is 0. The van der Waals surface area contributed by atoms with Gasteiger partial charge in [0.05, 0.1) is 14.2 Å². The van der Waals surface area contributed by atoms with Gasteiger partial charge >= 0.3 is 11.9 Å². The first-order valence-corrected chi connectivity index (χ1v) is 6.11. The highest BCUT2D eigenvalue weighted by Gasteiger charge is 2.33. The smallest absolute Gasteiger partial charge is 0.324 e. The molecule has 2 rings (SSSR count). The van der Waals surface area contributed by atoms with Gasteiger partial charge < -0.3 is 9.47 Å². The van der Waals surface area contributed by atoms with E-state index in [2.05, 4.69) is 0 Å². The molecule has 0 N–H and O–H groups in total. The Morgan fingerprint density at radius 1 is 1.05 bits per heavy atom. The summed E-state index contributed by atoms with van der Waals surface area (Å²) in [5, 5.41) is 0. The predicted octanol–water partition coefficient (Wildman–Crippen LogP) is 1.98. The number of fused-ring (bicyclic) bond motifs is 1. The molecule has 0 amide bonds. The highest BCUT2D eigenvalue weighted by molar-refractivity contribution is 5.99. The van der Waals surface area contributed by atoms with E-state index in [0.29, 0.717) is 6.42 Å². The van der Waals surface area contributed by atoms with Crippen molar-refractivity contribution in [2.75, 3.05) is 14.2 Å². The predicted molar refractivity (Wildman–Crippen MR) is 70.3 cm³/mol. The highest BCUT2D eigenvalue weighted by Crippen LogP contribution is 2.29. The van der Waals surface area contributed by atoms with Gasteiger partial charge in [-0.25, -0.2) is 0 Å². The molecule has 0 radical (unpaired) electrons. The topological polar surface area (TPSA) is 52.6 Å². The summed E-state index contributed by atoms with van der Waals surface area (Å²) in [6.45, 7) is 0. The van der Waals surface area contributed by atoms with Gasteiger partial charge in [-0.1, -0.05) is 30.3 Å². The molecular formula is C15H16O4. The zero-order valence-corrected chi connectivity index (χ0v) is 11.0. The molecule has 100 valence electrons. The number of carbonyl (C=O) groups excluding carboxylic acids is 2. The fourth-order valence-corrected chi connectivity index (χ4v) is 2.32. The Labute approximate surface area is 112 Å². The van der Waals surface area contributed by atoms with Crippen LogP contribution >= 0.6 is 0 Å².